The number of ether oxygens (including phenoxy) is 2. The van der Waals surface area contributed by atoms with Gasteiger partial charge in [-0.05, 0) is 66.1 Å². The van der Waals surface area contributed by atoms with E-state index in [0.29, 0.717) is 0 Å². The first-order valence-corrected chi connectivity index (χ1v) is 17.3. The van der Waals surface area contributed by atoms with Crippen molar-refractivity contribution in [3.8, 4) is 44.9 Å². The highest BCUT2D eigenvalue weighted by Gasteiger charge is 2.40. The molecule has 2 aliphatic rings. The van der Waals surface area contributed by atoms with E-state index in [1.807, 2.05) is 14.2 Å². The van der Waals surface area contributed by atoms with E-state index in [1.165, 1.54) is 66.4 Å². The summed E-state index contributed by atoms with van der Waals surface area (Å²) in [6, 6.07) is 57.2. The van der Waals surface area contributed by atoms with Crippen LogP contribution in [0.5, 0.6) is 11.5 Å². The van der Waals surface area contributed by atoms with E-state index in [1.54, 1.807) is 0 Å². The maximum atomic E-state index is 6.72. The summed E-state index contributed by atoms with van der Waals surface area (Å²) >= 11 is 0. The number of hydrogen-bond acceptors (Lipinski definition) is 2. The summed E-state index contributed by atoms with van der Waals surface area (Å²) in [5, 5.41) is 4.75. The molecular formula is C48H34O2. The van der Waals surface area contributed by atoms with Gasteiger partial charge in [-0.2, -0.15) is 0 Å². The van der Waals surface area contributed by atoms with Crippen LogP contribution in [0.2, 0.25) is 0 Å². The fourth-order valence-electron chi connectivity index (χ4n) is 9.17. The Labute approximate surface area is 292 Å². The Morgan fingerprint density at radius 1 is 0.340 bits per heavy atom. The third kappa shape index (κ3) is 3.90. The Balaban J connectivity index is 1.40. The molecule has 2 atom stereocenters. The molecule has 2 nitrogen and oxygen atoms in total. The van der Waals surface area contributed by atoms with Crippen LogP contribution >= 0.6 is 0 Å². The zero-order valence-corrected chi connectivity index (χ0v) is 28.0. The minimum Gasteiger partial charge on any atom is -0.496 e. The van der Waals surface area contributed by atoms with E-state index in [9.17, 15) is 0 Å². The average molecular weight is 643 g/mol. The lowest BCUT2D eigenvalue weighted by Gasteiger charge is -2.26. The van der Waals surface area contributed by atoms with E-state index in [-0.39, 0.29) is 11.8 Å². The maximum absolute atomic E-state index is 6.72. The Morgan fingerprint density at radius 2 is 0.660 bits per heavy atom. The van der Waals surface area contributed by atoms with Crippen molar-refractivity contribution in [3.63, 3.8) is 0 Å². The van der Waals surface area contributed by atoms with Crippen molar-refractivity contribution < 1.29 is 9.47 Å². The molecule has 0 fully saturated rings. The zero-order valence-electron chi connectivity index (χ0n) is 28.0. The first-order chi connectivity index (χ1) is 24.8. The monoisotopic (exact) mass is 642 g/mol. The van der Waals surface area contributed by atoms with E-state index >= 15 is 0 Å². The average Bonchev–Trinajstić information content (AvgIpc) is 3.72. The molecule has 8 aromatic rings. The predicted molar refractivity (Wildman–Crippen MR) is 206 cm³/mol. The fraction of sp³-hybridized carbons (Fsp3) is 0.0833. The molecule has 0 aromatic heterocycles. The van der Waals surface area contributed by atoms with Gasteiger partial charge in [0.25, 0.3) is 0 Å². The van der Waals surface area contributed by atoms with Crippen molar-refractivity contribution in [2.75, 3.05) is 14.2 Å². The van der Waals surface area contributed by atoms with Crippen LogP contribution in [0.25, 0.3) is 54.9 Å². The molecule has 0 spiro atoms. The van der Waals surface area contributed by atoms with Crippen molar-refractivity contribution in [3.05, 3.63) is 191 Å². The molecule has 0 saturated heterocycles. The first-order valence-electron chi connectivity index (χ1n) is 17.3. The molecule has 0 amide bonds. The molecule has 0 saturated carbocycles. The van der Waals surface area contributed by atoms with Crippen molar-refractivity contribution in [1.82, 2.24) is 0 Å². The highest BCUT2D eigenvalue weighted by molar-refractivity contribution is 6.19. The number of methoxy groups -OCH3 is 2. The van der Waals surface area contributed by atoms with Gasteiger partial charge in [-0.25, -0.2) is 0 Å². The largest absolute Gasteiger partial charge is 0.496 e. The molecule has 0 N–H and O–H groups in total. The second-order valence-electron chi connectivity index (χ2n) is 13.3. The van der Waals surface area contributed by atoms with Crippen LogP contribution in [0.1, 0.15) is 45.2 Å². The van der Waals surface area contributed by atoms with E-state index < -0.39 is 0 Å². The molecule has 0 bridgehead atoms. The smallest absolute Gasteiger partial charge is 0.132 e. The van der Waals surface area contributed by atoms with Crippen molar-refractivity contribution in [2.45, 2.75) is 11.8 Å². The molecule has 0 unspecified atom stereocenters. The summed E-state index contributed by atoms with van der Waals surface area (Å²) in [6.07, 6.45) is 0. The lowest BCUT2D eigenvalue weighted by molar-refractivity contribution is 0.406. The van der Waals surface area contributed by atoms with Gasteiger partial charge in [-0.15, -0.1) is 0 Å². The van der Waals surface area contributed by atoms with Crippen LogP contribution in [0.15, 0.2) is 158 Å². The van der Waals surface area contributed by atoms with Crippen molar-refractivity contribution in [2.24, 2.45) is 0 Å². The SMILES string of the molecule is COc1c2c(c3ccccc3c1-c1c(OC)c3c(c4ccccc14)-c1ccccc1[C@H]3c1ccccc1)-c1ccccc1[C@H]2c1ccccc1. The molecular weight excluding hydrogens is 609 g/mol. The van der Waals surface area contributed by atoms with Crippen LogP contribution < -0.4 is 9.47 Å². The molecule has 0 aliphatic heterocycles. The summed E-state index contributed by atoms with van der Waals surface area (Å²) in [7, 11) is 3.67. The van der Waals surface area contributed by atoms with E-state index in [2.05, 4.69) is 158 Å². The quantitative estimate of drug-likeness (QED) is 0.186. The Hall–Kier alpha value is -6.12. The third-order valence-electron chi connectivity index (χ3n) is 11.0. The highest BCUT2D eigenvalue weighted by atomic mass is 16.5. The second-order valence-corrected chi connectivity index (χ2v) is 13.3. The minimum absolute atomic E-state index is 0.0220. The molecule has 2 heteroatoms. The molecule has 8 aromatic carbocycles. The Kier molecular flexibility index (Phi) is 6.47. The molecule has 238 valence electrons. The van der Waals surface area contributed by atoms with Crippen LogP contribution in [-0.2, 0) is 0 Å². The number of rotatable bonds is 5. The number of hydrogen-bond donors (Lipinski definition) is 0. The predicted octanol–water partition coefficient (Wildman–Crippen LogP) is 12.0. The van der Waals surface area contributed by atoms with Gasteiger partial charge in [0.1, 0.15) is 11.5 Å². The van der Waals surface area contributed by atoms with Crippen LogP contribution in [0, 0.1) is 0 Å². The second kappa shape index (κ2) is 11.2. The van der Waals surface area contributed by atoms with Crippen LogP contribution in [-0.4, -0.2) is 14.2 Å². The number of fused-ring (bicyclic) bond motifs is 10. The molecule has 10 rings (SSSR count). The molecule has 0 heterocycles. The lowest BCUT2D eigenvalue weighted by Crippen LogP contribution is -2.06. The molecule has 0 radical (unpaired) electrons. The first kappa shape index (κ1) is 28.9. The van der Waals surface area contributed by atoms with E-state index in [0.717, 1.165) is 33.4 Å². The topological polar surface area (TPSA) is 18.5 Å². The lowest BCUT2D eigenvalue weighted by atomic mass is 9.81. The Morgan fingerprint density at radius 3 is 1.04 bits per heavy atom. The van der Waals surface area contributed by atoms with Gasteiger partial charge in [0, 0.05) is 34.1 Å². The minimum atomic E-state index is 0.0220. The van der Waals surface area contributed by atoms with Gasteiger partial charge in [0.05, 0.1) is 14.2 Å². The fourth-order valence-corrected chi connectivity index (χ4v) is 9.17. The summed E-state index contributed by atoms with van der Waals surface area (Å²) in [4.78, 5) is 0. The van der Waals surface area contributed by atoms with Gasteiger partial charge in [-0.3, -0.25) is 0 Å². The number of benzene rings is 8. The summed E-state index contributed by atoms with van der Waals surface area (Å²) < 4.78 is 13.4. The summed E-state index contributed by atoms with van der Waals surface area (Å²) in [5.74, 6) is 1.85. The summed E-state index contributed by atoms with van der Waals surface area (Å²) in [5.41, 5.74) is 14.7. The summed E-state index contributed by atoms with van der Waals surface area (Å²) in [6.45, 7) is 0. The molecule has 2 aliphatic carbocycles. The van der Waals surface area contributed by atoms with Gasteiger partial charge in [-0.1, -0.05) is 158 Å². The standard InChI is InChI=1S/C48H34O2/c1-49-47-43(37-27-15-13-25-35(37)41-33-23-11-9-21-31(33)39(45(41)47)29-17-5-3-6-18-29)44-38-28-16-14-26-36(38)42-34-24-12-10-22-32(34)40(46(42)48(44)50-2)30-19-7-4-8-20-30/h3-28,39-40H,1-2H3/t39-,40-/m1/s1. The Bertz CT molecular complexity index is 2440. The van der Waals surface area contributed by atoms with Crippen LogP contribution in [0.3, 0.4) is 0 Å². The third-order valence-corrected chi connectivity index (χ3v) is 11.0. The van der Waals surface area contributed by atoms with Crippen LogP contribution in [0.4, 0.5) is 0 Å². The maximum Gasteiger partial charge on any atom is 0.132 e. The van der Waals surface area contributed by atoms with Crippen molar-refractivity contribution in [1.29, 1.82) is 0 Å². The van der Waals surface area contributed by atoms with E-state index in [4.69, 9.17) is 9.47 Å². The molecule has 50 heavy (non-hydrogen) atoms. The van der Waals surface area contributed by atoms with Gasteiger partial charge in [0.15, 0.2) is 0 Å². The highest BCUT2D eigenvalue weighted by Crippen LogP contribution is 2.62. The van der Waals surface area contributed by atoms with Gasteiger partial charge < -0.3 is 9.47 Å². The zero-order chi connectivity index (χ0) is 33.3. The van der Waals surface area contributed by atoms with Gasteiger partial charge >= 0.3 is 0 Å². The van der Waals surface area contributed by atoms with Crippen molar-refractivity contribution >= 4 is 21.5 Å². The van der Waals surface area contributed by atoms with Gasteiger partial charge in [0.2, 0.25) is 0 Å². The normalized spacial score (nSPS) is 15.4.